The lowest BCUT2D eigenvalue weighted by molar-refractivity contribution is 0.131. The van der Waals surface area contributed by atoms with E-state index in [1.807, 2.05) is 30.3 Å². The van der Waals surface area contributed by atoms with Crippen LogP contribution in [0, 0.1) is 10.8 Å². The lowest BCUT2D eigenvalue weighted by atomic mass is 9.56. The summed E-state index contributed by atoms with van der Waals surface area (Å²) in [5.41, 5.74) is 7.44. The number of aromatic hydroxyl groups is 1. The minimum atomic E-state index is 0.0438. The van der Waals surface area contributed by atoms with Gasteiger partial charge in [-0.05, 0) is 63.6 Å². The molecule has 1 fully saturated rings. The molecule has 0 bridgehead atoms. The number of phenols is 1. The minimum absolute atomic E-state index is 0.0438. The second-order valence-corrected chi connectivity index (χ2v) is 10.7. The van der Waals surface area contributed by atoms with Gasteiger partial charge in [0.05, 0.1) is 6.61 Å². The summed E-state index contributed by atoms with van der Waals surface area (Å²) in [6, 6.07) is 24.4. The van der Waals surface area contributed by atoms with Crippen LogP contribution in [0.2, 0.25) is 0 Å². The zero-order valence-electron chi connectivity index (χ0n) is 19.6. The first-order valence-electron chi connectivity index (χ1n) is 11.5. The molecule has 2 heteroatoms. The van der Waals surface area contributed by atoms with Crippen molar-refractivity contribution in [3.63, 3.8) is 0 Å². The zero-order chi connectivity index (χ0) is 22.9. The van der Waals surface area contributed by atoms with Crippen molar-refractivity contribution in [1.29, 1.82) is 0 Å². The van der Waals surface area contributed by atoms with Gasteiger partial charge < -0.3 is 10.2 Å². The number of benzene rings is 3. The first-order chi connectivity index (χ1) is 15.2. The van der Waals surface area contributed by atoms with E-state index in [1.54, 1.807) is 12.1 Å². The third kappa shape index (κ3) is 4.66. The molecule has 1 unspecified atom stereocenters. The first kappa shape index (κ1) is 22.4. The van der Waals surface area contributed by atoms with Crippen LogP contribution in [0.1, 0.15) is 63.1 Å². The van der Waals surface area contributed by atoms with Gasteiger partial charge in [-0.1, -0.05) is 100 Å². The maximum absolute atomic E-state index is 9.72. The molecule has 32 heavy (non-hydrogen) atoms. The minimum Gasteiger partial charge on any atom is -0.508 e. The molecule has 0 spiro atoms. The summed E-state index contributed by atoms with van der Waals surface area (Å²) in [4.78, 5) is 0. The summed E-state index contributed by atoms with van der Waals surface area (Å²) in [7, 11) is 0. The van der Waals surface area contributed by atoms with Crippen molar-refractivity contribution in [3.05, 3.63) is 95.1 Å². The van der Waals surface area contributed by atoms with Gasteiger partial charge in [0.25, 0.3) is 0 Å². The average molecular weight is 427 g/mol. The van der Waals surface area contributed by atoms with Gasteiger partial charge in [-0.3, -0.25) is 0 Å². The molecule has 4 rings (SSSR count). The van der Waals surface area contributed by atoms with Crippen molar-refractivity contribution >= 4 is 6.08 Å². The Labute approximate surface area is 192 Å². The van der Waals surface area contributed by atoms with Gasteiger partial charge in [0.2, 0.25) is 0 Å². The van der Waals surface area contributed by atoms with Gasteiger partial charge in [-0.15, -0.1) is 0 Å². The van der Waals surface area contributed by atoms with Gasteiger partial charge in [0, 0.05) is 5.92 Å². The van der Waals surface area contributed by atoms with E-state index >= 15 is 0 Å². The maximum Gasteiger partial charge on any atom is 0.115 e. The fraction of sp³-hybridized carbons (Fsp3) is 0.333. The molecule has 1 aliphatic carbocycles. The van der Waals surface area contributed by atoms with Crippen LogP contribution in [-0.2, 0) is 6.61 Å². The molecule has 2 N–H and O–H groups in total. The van der Waals surface area contributed by atoms with E-state index in [-0.39, 0.29) is 17.4 Å². The number of hydrogen-bond acceptors (Lipinski definition) is 2. The molecule has 0 aromatic heterocycles. The number of aliphatic hydroxyl groups excluding tert-OH is 1. The van der Waals surface area contributed by atoms with Crippen molar-refractivity contribution in [1.82, 2.24) is 0 Å². The Morgan fingerprint density at radius 1 is 0.875 bits per heavy atom. The summed E-state index contributed by atoms with van der Waals surface area (Å²) in [5, 5.41) is 19.4. The van der Waals surface area contributed by atoms with Crippen molar-refractivity contribution < 1.29 is 10.2 Å². The second kappa shape index (κ2) is 8.60. The molecule has 1 aliphatic rings. The second-order valence-electron chi connectivity index (χ2n) is 10.7. The van der Waals surface area contributed by atoms with Crippen molar-refractivity contribution in [2.45, 2.75) is 53.1 Å². The molecule has 3 aromatic carbocycles. The van der Waals surface area contributed by atoms with E-state index in [4.69, 9.17) is 0 Å². The SMILES string of the molecule is CC1(C)CC(=Cc2ccc(O)cc2)C(c2ccc(-c3ccccc3CO)cc2)C(C)(C)C1. The lowest BCUT2D eigenvalue weighted by Crippen LogP contribution is -2.36. The highest BCUT2D eigenvalue weighted by Gasteiger charge is 2.43. The van der Waals surface area contributed by atoms with Crippen LogP contribution < -0.4 is 0 Å². The van der Waals surface area contributed by atoms with E-state index in [0.717, 1.165) is 35.1 Å². The third-order valence-corrected chi connectivity index (χ3v) is 6.76. The predicted octanol–water partition coefficient (Wildman–Crippen LogP) is 7.56. The van der Waals surface area contributed by atoms with E-state index in [9.17, 15) is 10.2 Å². The van der Waals surface area contributed by atoms with Crippen molar-refractivity contribution in [2.75, 3.05) is 0 Å². The van der Waals surface area contributed by atoms with Gasteiger partial charge in [0.1, 0.15) is 5.75 Å². The molecule has 166 valence electrons. The Hall–Kier alpha value is -2.84. The normalized spacial score (nSPS) is 20.9. The van der Waals surface area contributed by atoms with Crippen molar-refractivity contribution in [2.24, 2.45) is 10.8 Å². The van der Waals surface area contributed by atoms with E-state index in [2.05, 4.69) is 64.1 Å². The highest BCUT2D eigenvalue weighted by molar-refractivity contribution is 5.68. The standard InChI is InChI=1S/C30H34O2/c1-29(2)18-25(17-21-9-15-26(32)16-10-21)28(30(3,4)20-29)23-13-11-22(12-14-23)27-8-6-5-7-24(27)19-31/h5-17,28,31-32H,18-20H2,1-4H3. The Balaban J connectivity index is 1.75. The number of phenolic OH excluding ortho intramolecular Hbond substituents is 1. The van der Waals surface area contributed by atoms with Gasteiger partial charge in [0.15, 0.2) is 0 Å². The van der Waals surface area contributed by atoms with Crippen molar-refractivity contribution in [3.8, 4) is 16.9 Å². The number of aliphatic hydroxyl groups is 1. The maximum atomic E-state index is 9.72. The smallest absolute Gasteiger partial charge is 0.115 e. The molecular formula is C30H34O2. The molecule has 0 heterocycles. The van der Waals surface area contributed by atoms with Crippen LogP contribution >= 0.6 is 0 Å². The summed E-state index contributed by atoms with van der Waals surface area (Å²) >= 11 is 0. The average Bonchev–Trinajstić information content (AvgIpc) is 2.74. The number of rotatable bonds is 4. The number of hydrogen-bond donors (Lipinski definition) is 2. The largest absolute Gasteiger partial charge is 0.508 e. The van der Waals surface area contributed by atoms with Crippen LogP contribution in [0.4, 0.5) is 0 Å². The Kier molecular flexibility index (Phi) is 6.01. The lowest BCUT2D eigenvalue weighted by Gasteiger charge is -2.48. The van der Waals surface area contributed by atoms with Gasteiger partial charge in [-0.25, -0.2) is 0 Å². The molecule has 0 aliphatic heterocycles. The van der Waals surface area contributed by atoms with Crippen LogP contribution in [0.15, 0.2) is 78.4 Å². The van der Waals surface area contributed by atoms with E-state index in [0.29, 0.717) is 11.7 Å². The summed E-state index contributed by atoms with van der Waals surface area (Å²) in [5.74, 6) is 0.623. The van der Waals surface area contributed by atoms with Gasteiger partial charge in [-0.2, -0.15) is 0 Å². The van der Waals surface area contributed by atoms with Gasteiger partial charge >= 0.3 is 0 Å². The molecule has 1 saturated carbocycles. The molecule has 1 atom stereocenters. The van der Waals surface area contributed by atoms with E-state index < -0.39 is 0 Å². The van der Waals surface area contributed by atoms with Crippen LogP contribution in [0.3, 0.4) is 0 Å². The molecular weight excluding hydrogens is 392 g/mol. The van der Waals surface area contributed by atoms with E-state index in [1.165, 1.54) is 11.1 Å². The molecule has 0 radical (unpaired) electrons. The Bertz CT molecular complexity index is 1100. The van der Waals surface area contributed by atoms with Crippen LogP contribution in [-0.4, -0.2) is 10.2 Å². The summed E-state index contributed by atoms with van der Waals surface area (Å²) < 4.78 is 0. The third-order valence-electron chi connectivity index (χ3n) is 6.76. The fourth-order valence-corrected chi connectivity index (χ4v) is 5.93. The Morgan fingerprint density at radius 3 is 2.19 bits per heavy atom. The quantitative estimate of drug-likeness (QED) is 0.452. The summed E-state index contributed by atoms with van der Waals surface area (Å²) in [6.45, 7) is 9.55. The number of allylic oxidation sites excluding steroid dienone is 1. The molecule has 0 amide bonds. The summed E-state index contributed by atoms with van der Waals surface area (Å²) in [6.07, 6.45) is 4.53. The highest BCUT2D eigenvalue weighted by Crippen LogP contribution is 2.56. The molecule has 0 saturated heterocycles. The predicted molar refractivity (Wildman–Crippen MR) is 133 cm³/mol. The molecule has 2 nitrogen and oxygen atoms in total. The first-order valence-corrected chi connectivity index (χ1v) is 11.5. The zero-order valence-corrected chi connectivity index (χ0v) is 19.6. The van der Waals surface area contributed by atoms with Crippen LogP contribution in [0.5, 0.6) is 5.75 Å². The monoisotopic (exact) mass is 426 g/mol. The molecule has 3 aromatic rings. The highest BCUT2D eigenvalue weighted by atomic mass is 16.3. The topological polar surface area (TPSA) is 40.5 Å². The fourth-order valence-electron chi connectivity index (χ4n) is 5.93. The van der Waals surface area contributed by atoms with Crippen LogP contribution in [0.25, 0.3) is 17.2 Å². The Morgan fingerprint density at radius 2 is 1.53 bits per heavy atom.